The van der Waals surface area contributed by atoms with Crippen molar-refractivity contribution in [1.82, 2.24) is 0 Å². The lowest BCUT2D eigenvalue weighted by Crippen LogP contribution is -2.15. The van der Waals surface area contributed by atoms with Crippen LogP contribution >= 0.6 is 0 Å². The van der Waals surface area contributed by atoms with E-state index in [1.54, 1.807) is 0 Å². The van der Waals surface area contributed by atoms with E-state index in [9.17, 15) is 26.7 Å². The van der Waals surface area contributed by atoms with Crippen molar-refractivity contribution in [1.29, 1.82) is 0 Å². The fourth-order valence-electron chi connectivity index (χ4n) is 1.58. The number of aryl methyl sites for hydroxylation is 1. The van der Waals surface area contributed by atoms with Gasteiger partial charge in [0, 0.05) is 5.56 Å². The van der Waals surface area contributed by atoms with Gasteiger partial charge in [0.1, 0.15) is 5.75 Å². The molecule has 18 heavy (non-hydrogen) atoms. The Hall–Kier alpha value is -1.66. The lowest BCUT2D eigenvalue weighted by molar-refractivity contribution is -0.138. The molecule has 0 aliphatic carbocycles. The number of hydrogen-bond acceptors (Lipinski definition) is 2. The minimum absolute atomic E-state index is 0.342. The zero-order valence-electron chi connectivity index (χ0n) is 9.44. The standard InChI is InChI=1S/C11H9F5O2/c1-5-3-7(18-10(12)13)4-8(6(2)17)9(5)11(14,15)16/h3-4,10H,1-2H3. The summed E-state index contributed by atoms with van der Waals surface area (Å²) in [5, 5.41) is 0. The third kappa shape index (κ3) is 3.18. The van der Waals surface area contributed by atoms with E-state index in [2.05, 4.69) is 4.74 Å². The van der Waals surface area contributed by atoms with Crippen LogP contribution in [0.15, 0.2) is 12.1 Å². The third-order valence-corrected chi connectivity index (χ3v) is 2.20. The molecule has 0 bridgehead atoms. The molecule has 0 radical (unpaired) electrons. The second-order valence-electron chi connectivity index (χ2n) is 3.60. The van der Waals surface area contributed by atoms with Crippen LogP contribution < -0.4 is 4.74 Å². The Bertz CT molecular complexity index is 465. The molecule has 2 nitrogen and oxygen atoms in total. The first kappa shape index (κ1) is 14.4. The van der Waals surface area contributed by atoms with Crippen LogP contribution in [0, 0.1) is 6.92 Å². The van der Waals surface area contributed by atoms with Crippen LogP contribution in [0.2, 0.25) is 0 Å². The second-order valence-corrected chi connectivity index (χ2v) is 3.60. The quantitative estimate of drug-likeness (QED) is 0.615. The Morgan fingerprint density at radius 2 is 1.83 bits per heavy atom. The Balaban J connectivity index is 3.41. The Morgan fingerprint density at radius 3 is 2.22 bits per heavy atom. The highest BCUT2D eigenvalue weighted by atomic mass is 19.4. The molecule has 7 heteroatoms. The summed E-state index contributed by atoms with van der Waals surface area (Å²) < 4.78 is 66.1. The highest BCUT2D eigenvalue weighted by Crippen LogP contribution is 2.37. The normalized spacial score (nSPS) is 11.8. The molecule has 0 heterocycles. The van der Waals surface area contributed by atoms with Gasteiger partial charge < -0.3 is 4.74 Å². The molecule has 0 aliphatic heterocycles. The molecule has 1 rings (SSSR count). The van der Waals surface area contributed by atoms with Crippen LogP contribution in [0.3, 0.4) is 0 Å². The van der Waals surface area contributed by atoms with Gasteiger partial charge in [-0.1, -0.05) is 0 Å². The van der Waals surface area contributed by atoms with Gasteiger partial charge in [0.15, 0.2) is 5.78 Å². The molecular weight excluding hydrogens is 259 g/mol. The zero-order chi connectivity index (χ0) is 14.1. The minimum atomic E-state index is -4.73. The maximum Gasteiger partial charge on any atom is 0.417 e. The van der Waals surface area contributed by atoms with E-state index in [-0.39, 0.29) is 5.56 Å². The van der Waals surface area contributed by atoms with Gasteiger partial charge in [-0.05, 0) is 31.5 Å². The molecule has 100 valence electrons. The zero-order valence-corrected chi connectivity index (χ0v) is 9.44. The molecule has 0 atom stereocenters. The highest BCUT2D eigenvalue weighted by Gasteiger charge is 2.36. The molecular formula is C11H9F5O2. The fraction of sp³-hybridized carbons (Fsp3) is 0.364. The monoisotopic (exact) mass is 268 g/mol. The molecule has 1 aromatic carbocycles. The van der Waals surface area contributed by atoms with Crippen LogP contribution in [-0.4, -0.2) is 12.4 Å². The molecule has 1 aromatic rings. The number of hydrogen-bond donors (Lipinski definition) is 0. The van der Waals surface area contributed by atoms with Crippen molar-refractivity contribution in [3.63, 3.8) is 0 Å². The van der Waals surface area contributed by atoms with E-state index in [4.69, 9.17) is 0 Å². The molecule has 0 amide bonds. The summed E-state index contributed by atoms with van der Waals surface area (Å²) >= 11 is 0. The Labute approximate surface area is 99.4 Å². The van der Waals surface area contributed by atoms with Crippen molar-refractivity contribution in [3.05, 3.63) is 28.8 Å². The van der Waals surface area contributed by atoms with Gasteiger partial charge in [0.25, 0.3) is 0 Å². The molecule has 0 aliphatic rings. The molecule has 0 unspecified atom stereocenters. The van der Waals surface area contributed by atoms with Crippen molar-refractivity contribution >= 4 is 5.78 Å². The first-order chi connectivity index (χ1) is 8.12. The van der Waals surface area contributed by atoms with E-state index in [1.807, 2.05) is 0 Å². The highest BCUT2D eigenvalue weighted by molar-refractivity contribution is 5.96. The Morgan fingerprint density at radius 1 is 1.28 bits per heavy atom. The summed E-state index contributed by atoms with van der Waals surface area (Å²) in [4.78, 5) is 11.2. The van der Waals surface area contributed by atoms with E-state index < -0.39 is 35.4 Å². The van der Waals surface area contributed by atoms with Gasteiger partial charge in [-0.25, -0.2) is 0 Å². The average molecular weight is 268 g/mol. The molecule has 0 fully saturated rings. The smallest absolute Gasteiger partial charge is 0.417 e. The number of alkyl halides is 5. The van der Waals surface area contributed by atoms with Crippen LogP contribution in [0.4, 0.5) is 22.0 Å². The van der Waals surface area contributed by atoms with Crippen LogP contribution in [0.1, 0.15) is 28.4 Å². The number of benzene rings is 1. The fourth-order valence-corrected chi connectivity index (χ4v) is 1.58. The van der Waals surface area contributed by atoms with Gasteiger partial charge in [-0.15, -0.1) is 0 Å². The van der Waals surface area contributed by atoms with Gasteiger partial charge >= 0.3 is 12.8 Å². The molecule has 0 spiro atoms. The first-order valence-corrected chi connectivity index (χ1v) is 4.80. The lowest BCUT2D eigenvalue weighted by atomic mass is 9.98. The number of halogens is 5. The second kappa shape index (κ2) is 4.91. The number of carbonyl (C=O) groups excluding carboxylic acids is 1. The summed E-state index contributed by atoms with van der Waals surface area (Å²) in [6, 6.07) is 1.49. The minimum Gasteiger partial charge on any atom is -0.435 e. The van der Waals surface area contributed by atoms with E-state index in [0.717, 1.165) is 19.9 Å². The number of rotatable bonds is 3. The summed E-state index contributed by atoms with van der Waals surface area (Å²) in [5.41, 5.74) is -2.15. The molecule has 0 saturated heterocycles. The number of carbonyl (C=O) groups is 1. The molecule has 0 N–H and O–H groups in total. The van der Waals surface area contributed by atoms with Crippen LogP contribution in [0.5, 0.6) is 5.75 Å². The summed E-state index contributed by atoms with van der Waals surface area (Å²) in [5.74, 6) is -1.34. The van der Waals surface area contributed by atoms with E-state index in [0.29, 0.717) is 6.07 Å². The van der Waals surface area contributed by atoms with Gasteiger partial charge in [0.2, 0.25) is 0 Å². The number of ketones is 1. The van der Waals surface area contributed by atoms with E-state index >= 15 is 0 Å². The maximum atomic E-state index is 12.7. The molecule has 0 saturated carbocycles. The van der Waals surface area contributed by atoms with Crippen molar-refractivity contribution in [2.45, 2.75) is 26.6 Å². The number of ether oxygens (including phenoxy) is 1. The van der Waals surface area contributed by atoms with Crippen LogP contribution in [0.25, 0.3) is 0 Å². The lowest BCUT2D eigenvalue weighted by Gasteiger charge is -2.16. The van der Waals surface area contributed by atoms with Gasteiger partial charge in [-0.2, -0.15) is 22.0 Å². The van der Waals surface area contributed by atoms with Gasteiger partial charge in [-0.3, -0.25) is 4.79 Å². The predicted octanol–water partition coefficient (Wildman–Crippen LogP) is 3.82. The third-order valence-electron chi connectivity index (χ3n) is 2.20. The average Bonchev–Trinajstić information content (AvgIpc) is 2.12. The summed E-state index contributed by atoms with van der Waals surface area (Å²) in [6.45, 7) is -1.16. The summed E-state index contributed by atoms with van der Waals surface area (Å²) in [7, 11) is 0. The van der Waals surface area contributed by atoms with Crippen molar-refractivity contribution in [2.24, 2.45) is 0 Å². The van der Waals surface area contributed by atoms with Crippen LogP contribution in [-0.2, 0) is 6.18 Å². The van der Waals surface area contributed by atoms with Crippen molar-refractivity contribution in [3.8, 4) is 5.75 Å². The largest absolute Gasteiger partial charge is 0.435 e. The Kier molecular flexibility index (Phi) is 3.93. The molecule has 0 aromatic heterocycles. The predicted molar refractivity (Wildman–Crippen MR) is 52.8 cm³/mol. The van der Waals surface area contributed by atoms with Gasteiger partial charge in [0.05, 0.1) is 5.56 Å². The van der Waals surface area contributed by atoms with E-state index in [1.165, 1.54) is 0 Å². The first-order valence-electron chi connectivity index (χ1n) is 4.80. The number of Topliss-reactive ketones (excluding diaryl/α,β-unsaturated/α-hetero) is 1. The maximum absolute atomic E-state index is 12.7. The topological polar surface area (TPSA) is 26.3 Å². The summed E-state index contributed by atoms with van der Waals surface area (Å²) in [6.07, 6.45) is -4.73. The SMILES string of the molecule is CC(=O)c1cc(OC(F)F)cc(C)c1C(F)(F)F. The van der Waals surface area contributed by atoms with Crippen molar-refractivity contribution in [2.75, 3.05) is 0 Å². The van der Waals surface area contributed by atoms with Crippen molar-refractivity contribution < 1.29 is 31.5 Å².